The zero-order chi connectivity index (χ0) is 9.11. The summed E-state index contributed by atoms with van der Waals surface area (Å²) >= 11 is 0. The maximum Gasteiger partial charge on any atom is 0.0431 e. The quantitative estimate of drug-likeness (QED) is 0.475. The van der Waals surface area contributed by atoms with Gasteiger partial charge in [-0.2, -0.15) is 0 Å². The molecule has 0 aliphatic carbocycles. The molecule has 0 atom stereocenters. The van der Waals surface area contributed by atoms with Crippen LogP contribution >= 0.6 is 0 Å². The van der Waals surface area contributed by atoms with Crippen LogP contribution in [0.1, 0.15) is 32.6 Å². The summed E-state index contributed by atoms with van der Waals surface area (Å²) < 4.78 is 0. The largest absolute Gasteiger partial charge is 0.396 e. The summed E-state index contributed by atoms with van der Waals surface area (Å²) in [5, 5.41) is 8.29. The summed E-state index contributed by atoms with van der Waals surface area (Å²) in [6.45, 7) is 9.33. The van der Waals surface area contributed by atoms with E-state index < -0.39 is 0 Å². The predicted octanol–water partition coefficient (Wildman–Crippen LogP) is 3.38. The molecule has 1 nitrogen and oxygen atoms in total. The molecule has 0 saturated carbocycles. The maximum absolute atomic E-state index is 8.29. The molecule has 0 spiro atoms. The Labute approximate surface area is 112 Å². The second kappa shape index (κ2) is 23.3. The molecule has 0 aromatic heterocycles. The Morgan fingerprint density at radius 3 is 1.62 bits per heavy atom. The first-order valence-corrected chi connectivity index (χ1v) is 7.52. The Kier molecular flexibility index (Phi) is 42.6. The summed E-state index contributed by atoms with van der Waals surface area (Å²) in [6, 6.07) is 0. The summed E-state index contributed by atoms with van der Waals surface area (Å²) in [6.07, 6.45) is 4.68. The fourth-order valence-electron chi connectivity index (χ4n) is 0.539. The van der Waals surface area contributed by atoms with Gasteiger partial charge in [0.05, 0.1) is 0 Å². The van der Waals surface area contributed by atoms with Gasteiger partial charge in [0.15, 0.2) is 0 Å². The van der Waals surface area contributed by atoms with E-state index in [2.05, 4.69) is 26.6 Å². The number of hydrogen-bond donors (Lipinski definition) is 1. The minimum Gasteiger partial charge on any atom is -0.396 e. The Morgan fingerprint density at radius 1 is 1.00 bits per heavy atom. The van der Waals surface area contributed by atoms with Crippen LogP contribution in [0.2, 0.25) is 19.6 Å². The van der Waals surface area contributed by atoms with Crippen molar-refractivity contribution in [2.45, 2.75) is 52.2 Å². The van der Waals surface area contributed by atoms with Crippen LogP contribution in [0.4, 0.5) is 0 Å². The van der Waals surface area contributed by atoms with E-state index in [1.165, 1.54) is 19.3 Å². The molecule has 3 heteroatoms. The molecule has 0 saturated heterocycles. The van der Waals surface area contributed by atoms with E-state index in [0.717, 1.165) is 6.42 Å². The number of rotatable bonds is 4. The van der Waals surface area contributed by atoms with Crippen molar-refractivity contribution in [2.75, 3.05) is 6.61 Å². The number of aliphatic hydroxyl groups is 1. The Bertz CT molecular complexity index is 54.1. The normalized spacial score (nSPS) is 7.85. The molecule has 0 amide bonds. The zero-order valence-electron chi connectivity index (χ0n) is 10.1. The van der Waals surface area contributed by atoms with Gasteiger partial charge < -0.3 is 12.5 Å². The van der Waals surface area contributed by atoms with Gasteiger partial charge in [-0.05, 0) is 6.42 Å². The van der Waals surface area contributed by atoms with Crippen molar-refractivity contribution in [3.8, 4) is 0 Å². The molecular formula is C10H26OSiY-. The van der Waals surface area contributed by atoms with Crippen LogP contribution in [0.15, 0.2) is 0 Å². The molecule has 0 fully saturated rings. The van der Waals surface area contributed by atoms with Gasteiger partial charge in [0.2, 0.25) is 0 Å². The van der Waals surface area contributed by atoms with E-state index in [9.17, 15) is 0 Å². The summed E-state index contributed by atoms with van der Waals surface area (Å²) in [5.74, 6) is 0. The maximum atomic E-state index is 8.29. The Hall–Kier alpha value is 1.28. The topological polar surface area (TPSA) is 20.2 Å². The standard InChI is InChI=1S/C6H14O.C3H9Si.CH3.Y/c1-2-3-4-5-6-7;1-4(2)3;;/h7H,2-6H2,1H3;1-3H3;1H3;/q;;-1;. The van der Waals surface area contributed by atoms with Gasteiger partial charge in [-0.25, -0.2) is 0 Å². The van der Waals surface area contributed by atoms with Crippen molar-refractivity contribution >= 4 is 8.80 Å². The fourth-order valence-corrected chi connectivity index (χ4v) is 0.539. The van der Waals surface area contributed by atoms with E-state index in [4.69, 9.17) is 5.11 Å². The smallest absolute Gasteiger partial charge is 0.0431 e. The molecule has 0 aliphatic rings. The van der Waals surface area contributed by atoms with Crippen molar-refractivity contribution in [2.24, 2.45) is 0 Å². The molecule has 2 radical (unpaired) electrons. The van der Waals surface area contributed by atoms with Crippen molar-refractivity contribution in [1.82, 2.24) is 0 Å². The molecule has 0 bridgehead atoms. The van der Waals surface area contributed by atoms with Crippen LogP contribution in [-0.4, -0.2) is 20.5 Å². The van der Waals surface area contributed by atoms with Crippen LogP contribution < -0.4 is 0 Å². The van der Waals surface area contributed by atoms with E-state index in [0.29, 0.717) is 6.61 Å². The van der Waals surface area contributed by atoms with Crippen LogP contribution in [0.3, 0.4) is 0 Å². The summed E-state index contributed by atoms with van der Waals surface area (Å²) in [4.78, 5) is 0. The number of aliphatic hydroxyl groups excluding tert-OH is 1. The molecule has 13 heavy (non-hydrogen) atoms. The van der Waals surface area contributed by atoms with Crippen LogP contribution in [0, 0.1) is 7.43 Å². The minimum absolute atomic E-state index is 0. The van der Waals surface area contributed by atoms with Crippen molar-refractivity contribution < 1.29 is 37.8 Å². The third kappa shape index (κ3) is 60.6. The van der Waals surface area contributed by atoms with Gasteiger partial charge in [0.25, 0.3) is 0 Å². The molecule has 80 valence electrons. The Balaban J connectivity index is -0.0000000600. The molecule has 1 N–H and O–H groups in total. The first kappa shape index (κ1) is 23.8. The average molecular weight is 279 g/mol. The molecule has 0 aliphatic heterocycles. The van der Waals surface area contributed by atoms with E-state index in [1.807, 2.05) is 0 Å². The summed E-state index contributed by atoms with van der Waals surface area (Å²) in [7, 11) is 0.120. The number of unbranched alkanes of at least 4 members (excludes halogenated alkanes) is 3. The van der Waals surface area contributed by atoms with Crippen LogP contribution in [0.5, 0.6) is 0 Å². The third-order valence-electron chi connectivity index (χ3n) is 1.01. The SMILES string of the molecule is CCCCCCO.C[Si](C)C.[CH3-].[Y]. The predicted molar refractivity (Wildman–Crippen MR) is 61.0 cm³/mol. The van der Waals surface area contributed by atoms with Gasteiger partial charge in [0.1, 0.15) is 0 Å². The van der Waals surface area contributed by atoms with E-state index in [-0.39, 0.29) is 48.9 Å². The number of hydrogen-bond acceptors (Lipinski definition) is 1. The first-order chi connectivity index (χ1) is 5.15. The Morgan fingerprint density at radius 2 is 1.38 bits per heavy atom. The van der Waals surface area contributed by atoms with Gasteiger partial charge in [-0.1, -0.05) is 45.8 Å². The van der Waals surface area contributed by atoms with Crippen molar-refractivity contribution in [3.63, 3.8) is 0 Å². The van der Waals surface area contributed by atoms with Gasteiger partial charge in [-0.3, -0.25) is 0 Å². The van der Waals surface area contributed by atoms with E-state index in [1.54, 1.807) is 0 Å². The molecule has 0 rings (SSSR count). The first-order valence-electron chi connectivity index (χ1n) is 4.52. The van der Waals surface area contributed by atoms with Crippen molar-refractivity contribution in [3.05, 3.63) is 7.43 Å². The van der Waals surface area contributed by atoms with Crippen molar-refractivity contribution in [1.29, 1.82) is 0 Å². The molecular weight excluding hydrogens is 253 g/mol. The molecule has 0 unspecified atom stereocenters. The molecule has 0 heterocycles. The second-order valence-corrected chi connectivity index (χ2v) is 6.28. The minimum atomic E-state index is 0. The fraction of sp³-hybridized carbons (Fsp3) is 0.900. The average Bonchev–Trinajstić information content (AvgIpc) is 1.88. The van der Waals surface area contributed by atoms with Gasteiger partial charge in [0, 0.05) is 48.1 Å². The molecule has 0 aromatic carbocycles. The van der Waals surface area contributed by atoms with E-state index >= 15 is 0 Å². The second-order valence-electron chi connectivity index (χ2n) is 3.28. The van der Waals surface area contributed by atoms with Gasteiger partial charge >= 0.3 is 0 Å². The van der Waals surface area contributed by atoms with Crippen LogP contribution in [0.25, 0.3) is 0 Å². The monoisotopic (exact) mass is 279 g/mol. The van der Waals surface area contributed by atoms with Gasteiger partial charge in [-0.15, -0.1) is 0 Å². The zero-order valence-corrected chi connectivity index (χ0v) is 13.9. The molecule has 0 aromatic rings. The summed E-state index contributed by atoms with van der Waals surface area (Å²) in [5.41, 5.74) is 0. The van der Waals surface area contributed by atoms with Crippen LogP contribution in [-0.2, 0) is 32.7 Å². The third-order valence-corrected chi connectivity index (χ3v) is 1.01.